The van der Waals surface area contributed by atoms with Crippen molar-refractivity contribution in [1.82, 2.24) is 9.55 Å². The maximum Gasteiger partial charge on any atom is 0.251 e. The molecule has 0 bridgehead atoms. The van der Waals surface area contributed by atoms with E-state index in [1.165, 1.54) is 0 Å². The van der Waals surface area contributed by atoms with Crippen molar-refractivity contribution in [2.75, 3.05) is 12.4 Å². The summed E-state index contributed by atoms with van der Waals surface area (Å²) in [6, 6.07) is 9.12. The highest BCUT2D eigenvalue weighted by atomic mass is 16.1. The Kier molecular flexibility index (Phi) is 3.23. The Morgan fingerprint density at radius 3 is 2.82 bits per heavy atom. The molecule has 0 saturated carbocycles. The van der Waals surface area contributed by atoms with Crippen LogP contribution in [0.25, 0.3) is 0 Å². The van der Waals surface area contributed by atoms with Crippen LogP contribution in [-0.4, -0.2) is 16.6 Å². The Labute approximate surface area is 99.9 Å². The van der Waals surface area contributed by atoms with Crippen LogP contribution in [0.3, 0.4) is 0 Å². The normalized spacial score (nSPS) is 10.2. The average molecular weight is 229 g/mol. The van der Waals surface area contributed by atoms with E-state index in [4.69, 9.17) is 0 Å². The predicted molar refractivity (Wildman–Crippen MR) is 68.3 cm³/mol. The summed E-state index contributed by atoms with van der Waals surface area (Å²) in [5.41, 5.74) is 1.96. The van der Waals surface area contributed by atoms with Crippen LogP contribution in [0.5, 0.6) is 0 Å². The standard InChI is InChI=1S/C13H15N3O/c1-10-5-3-7-12(17)16(10)9-11-6-4-8-15-13(11)14-2/h3-8H,9H2,1-2H3,(H,14,15). The number of nitrogens with one attached hydrogen (secondary N) is 1. The van der Waals surface area contributed by atoms with Crippen LogP contribution in [0.1, 0.15) is 11.3 Å². The molecule has 0 fully saturated rings. The van der Waals surface area contributed by atoms with Gasteiger partial charge in [-0.15, -0.1) is 0 Å². The molecule has 0 aromatic carbocycles. The van der Waals surface area contributed by atoms with Gasteiger partial charge in [0.15, 0.2) is 0 Å². The van der Waals surface area contributed by atoms with E-state index >= 15 is 0 Å². The van der Waals surface area contributed by atoms with Crippen molar-refractivity contribution in [2.24, 2.45) is 0 Å². The van der Waals surface area contributed by atoms with E-state index < -0.39 is 0 Å². The molecule has 4 heteroatoms. The first-order valence-electron chi connectivity index (χ1n) is 5.50. The van der Waals surface area contributed by atoms with E-state index in [1.54, 1.807) is 22.9 Å². The van der Waals surface area contributed by atoms with Gasteiger partial charge in [-0.3, -0.25) is 4.79 Å². The number of aromatic nitrogens is 2. The van der Waals surface area contributed by atoms with Gasteiger partial charge in [-0.1, -0.05) is 12.1 Å². The average Bonchev–Trinajstić information content (AvgIpc) is 2.34. The van der Waals surface area contributed by atoms with Gasteiger partial charge in [0.1, 0.15) is 5.82 Å². The molecule has 88 valence electrons. The van der Waals surface area contributed by atoms with Gasteiger partial charge in [0.05, 0.1) is 6.54 Å². The number of rotatable bonds is 3. The summed E-state index contributed by atoms with van der Waals surface area (Å²) >= 11 is 0. The maximum absolute atomic E-state index is 11.8. The van der Waals surface area contributed by atoms with E-state index in [0.29, 0.717) is 6.54 Å². The van der Waals surface area contributed by atoms with Crippen molar-refractivity contribution >= 4 is 5.82 Å². The number of nitrogens with zero attached hydrogens (tertiary/aromatic N) is 2. The molecule has 0 aliphatic rings. The van der Waals surface area contributed by atoms with E-state index in [1.807, 2.05) is 32.2 Å². The second kappa shape index (κ2) is 4.82. The van der Waals surface area contributed by atoms with Gasteiger partial charge >= 0.3 is 0 Å². The molecule has 0 amide bonds. The zero-order valence-electron chi connectivity index (χ0n) is 9.97. The van der Waals surface area contributed by atoms with Gasteiger partial charge in [0.25, 0.3) is 5.56 Å². The Morgan fingerprint density at radius 1 is 1.29 bits per heavy atom. The number of pyridine rings is 2. The third-order valence-electron chi connectivity index (χ3n) is 2.72. The van der Waals surface area contributed by atoms with Crippen LogP contribution in [0, 0.1) is 6.92 Å². The molecule has 4 nitrogen and oxygen atoms in total. The van der Waals surface area contributed by atoms with Crippen LogP contribution in [0.4, 0.5) is 5.82 Å². The molecule has 0 unspecified atom stereocenters. The second-order valence-electron chi connectivity index (χ2n) is 3.85. The molecule has 0 saturated heterocycles. The van der Waals surface area contributed by atoms with Gasteiger partial charge in [-0.05, 0) is 19.1 Å². The minimum atomic E-state index is 0.0101. The number of anilines is 1. The zero-order chi connectivity index (χ0) is 12.3. The highest BCUT2D eigenvalue weighted by Gasteiger charge is 2.05. The predicted octanol–water partition coefficient (Wildman–Crippen LogP) is 1.64. The topological polar surface area (TPSA) is 46.9 Å². The summed E-state index contributed by atoms with van der Waals surface area (Å²) in [5, 5.41) is 3.03. The molecule has 0 spiro atoms. The third kappa shape index (κ3) is 2.36. The summed E-state index contributed by atoms with van der Waals surface area (Å²) in [7, 11) is 1.83. The molecule has 2 aromatic rings. The van der Waals surface area contributed by atoms with Crippen molar-refractivity contribution in [3.63, 3.8) is 0 Å². The molecule has 0 atom stereocenters. The fraction of sp³-hybridized carbons (Fsp3) is 0.231. The zero-order valence-corrected chi connectivity index (χ0v) is 9.97. The fourth-order valence-electron chi connectivity index (χ4n) is 1.79. The second-order valence-corrected chi connectivity index (χ2v) is 3.85. The molecule has 0 radical (unpaired) electrons. The van der Waals surface area contributed by atoms with E-state index in [2.05, 4.69) is 10.3 Å². The third-order valence-corrected chi connectivity index (χ3v) is 2.72. The summed E-state index contributed by atoms with van der Waals surface area (Å²) in [6.07, 6.45) is 1.73. The molecule has 2 aromatic heterocycles. The van der Waals surface area contributed by atoms with Crippen LogP contribution >= 0.6 is 0 Å². The van der Waals surface area contributed by atoms with Gasteiger partial charge < -0.3 is 9.88 Å². The van der Waals surface area contributed by atoms with E-state index in [9.17, 15) is 4.79 Å². The minimum Gasteiger partial charge on any atom is -0.373 e. The Balaban J connectivity index is 2.41. The lowest BCUT2D eigenvalue weighted by atomic mass is 10.2. The van der Waals surface area contributed by atoms with Crippen molar-refractivity contribution in [3.05, 3.63) is 58.1 Å². The van der Waals surface area contributed by atoms with Gasteiger partial charge in [-0.25, -0.2) is 4.98 Å². The largest absolute Gasteiger partial charge is 0.373 e. The summed E-state index contributed by atoms with van der Waals surface area (Å²) in [4.78, 5) is 16.0. The molecular formula is C13H15N3O. The smallest absolute Gasteiger partial charge is 0.251 e. The van der Waals surface area contributed by atoms with Crippen LogP contribution in [-0.2, 0) is 6.54 Å². The van der Waals surface area contributed by atoms with Crippen molar-refractivity contribution in [1.29, 1.82) is 0 Å². The fourth-order valence-corrected chi connectivity index (χ4v) is 1.79. The highest BCUT2D eigenvalue weighted by Crippen LogP contribution is 2.12. The molecule has 0 aliphatic heterocycles. The highest BCUT2D eigenvalue weighted by molar-refractivity contribution is 5.43. The van der Waals surface area contributed by atoms with E-state index in [-0.39, 0.29) is 5.56 Å². The lowest BCUT2D eigenvalue weighted by Gasteiger charge is -2.12. The number of hydrogen-bond donors (Lipinski definition) is 1. The Bertz CT molecular complexity index is 575. The van der Waals surface area contributed by atoms with Gasteiger partial charge in [0, 0.05) is 30.6 Å². The molecular weight excluding hydrogens is 214 g/mol. The number of aryl methyl sites for hydroxylation is 1. The SMILES string of the molecule is CNc1ncccc1Cn1c(C)cccc1=O. The van der Waals surface area contributed by atoms with Crippen LogP contribution < -0.4 is 10.9 Å². The van der Waals surface area contributed by atoms with Crippen LogP contribution in [0.2, 0.25) is 0 Å². The summed E-state index contributed by atoms with van der Waals surface area (Å²) in [5.74, 6) is 0.808. The molecule has 1 N–H and O–H groups in total. The first kappa shape index (κ1) is 11.4. The minimum absolute atomic E-state index is 0.0101. The van der Waals surface area contributed by atoms with Gasteiger partial charge in [-0.2, -0.15) is 0 Å². The summed E-state index contributed by atoms with van der Waals surface area (Å²) in [6.45, 7) is 2.46. The summed E-state index contributed by atoms with van der Waals surface area (Å²) < 4.78 is 1.73. The van der Waals surface area contributed by atoms with Gasteiger partial charge in [0.2, 0.25) is 0 Å². The molecule has 17 heavy (non-hydrogen) atoms. The Hall–Kier alpha value is -2.10. The Morgan fingerprint density at radius 2 is 2.12 bits per heavy atom. The first-order chi connectivity index (χ1) is 8.22. The molecule has 2 heterocycles. The number of hydrogen-bond acceptors (Lipinski definition) is 3. The monoisotopic (exact) mass is 229 g/mol. The quantitative estimate of drug-likeness (QED) is 0.870. The maximum atomic E-state index is 11.8. The van der Waals surface area contributed by atoms with Crippen molar-refractivity contribution < 1.29 is 0 Å². The van der Waals surface area contributed by atoms with E-state index in [0.717, 1.165) is 17.1 Å². The molecule has 2 rings (SSSR count). The lowest BCUT2D eigenvalue weighted by Crippen LogP contribution is -2.22. The van der Waals surface area contributed by atoms with Crippen molar-refractivity contribution in [2.45, 2.75) is 13.5 Å². The molecule has 0 aliphatic carbocycles. The van der Waals surface area contributed by atoms with Crippen LogP contribution in [0.15, 0.2) is 41.3 Å². The lowest BCUT2D eigenvalue weighted by molar-refractivity contribution is 0.729. The van der Waals surface area contributed by atoms with Crippen molar-refractivity contribution in [3.8, 4) is 0 Å². The first-order valence-corrected chi connectivity index (χ1v) is 5.50.